The average molecular weight is 290 g/mol. The number of nitrogens with one attached hydrogen (secondary N) is 1. The van der Waals surface area contributed by atoms with Crippen molar-refractivity contribution >= 4 is 22.9 Å². The second-order valence-electron chi connectivity index (χ2n) is 4.72. The second kappa shape index (κ2) is 7.05. The normalized spacial score (nSPS) is 10.6. The van der Waals surface area contributed by atoms with Crippen molar-refractivity contribution in [2.45, 2.75) is 32.8 Å². The molecule has 0 bridgehead atoms. The third kappa shape index (κ3) is 4.66. The lowest BCUT2D eigenvalue weighted by atomic mass is 10.2. The number of nitrogens with zero attached hydrogens (tertiary/aromatic N) is 1. The van der Waals surface area contributed by atoms with Gasteiger partial charge in [-0.1, -0.05) is 0 Å². The zero-order valence-corrected chi connectivity index (χ0v) is 12.4. The van der Waals surface area contributed by atoms with Crippen LogP contribution in [0.5, 0.6) is 5.75 Å². The molecular weight excluding hydrogens is 272 g/mol. The van der Waals surface area contributed by atoms with E-state index < -0.39 is 0 Å². The van der Waals surface area contributed by atoms with Crippen LogP contribution in [0.1, 0.15) is 26.0 Å². The molecule has 106 valence electrons. The van der Waals surface area contributed by atoms with Gasteiger partial charge in [-0.05, 0) is 44.5 Å². The highest BCUT2D eigenvalue weighted by molar-refractivity contribution is 7.07. The molecule has 0 fully saturated rings. The minimum Gasteiger partial charge on any atom is -0.491 e. The number of aromatic nitrogens is 1. The van der Waals surface area contributed by atoms with Crippen molar-refractivity contribution in [1.82, 2.24) is 4.98 Å². The van der Waals surface area contributed by atoms with Gasteiger partial charge in [-0.3, -0.25) is 4.79 Å². The summed E-state index contributed by atoms with van der Waals surface area (Å²) in [6.45, 7) is 3.96. The first kappa shape index (κ1) is 14.5. The molecule has 1 heterocycles. The smallest absolute Gasteiger partial charge is 0.224 e. The van der Waals surface area contributed by atoms with Gasteiger partial charge in [0.2, 0.25) is 5.91 Å². The Labute approximate surface area is 122 Å². The molecule has 5 heteroatoms. The van der Waals surface area contributed by atoms with Crippen LogP contribution < -0.4 is 10.1 Å². The van der Waals surface area contributed by atoms with Gasteiger partial charge in [0.05, 0.1) is 17.3 Å². The maximum absolute atomic E-state index is 11.8. The number of rotatable bonds is 6. The van der Waals surface area contributed by atoms with E-state index in [-0.39, 0.29) is 12.0 Å². The predicted molar refractivity (Wildman–Crippen MR) is 81.3 cm³/mol. The molecule has 1 aromatic carbocycles. The summed E-state index contributed by atoms with van der Waals surface area (Å²) in [6, 6.07) is 7.41. The Kier molecular flexibility index (Phi) is 5.12. The molecular formula is C15H18N2O2S. The van der Waals surface area contributed by atoms with E-state index in [1.165, 1.54) is 0 Å². The van der Waals surface area contributed by atoms with E-state index in [1.807, 2.05) is 43.5 Å². The molecule has 1 amide bonds. The van der Waals surface area contributed by atoms with Gasteiger partial charge in [0.15, 0.2) is 0 Å². The zero-order chi connectivity index (χ0) is 14.4. The van der Waals surface area contributed by atoms with Crippen LogP contribution in [0.25, 0.3) is 0 Å². The number of ether oxygens (including phenoxy) is 1. The molecule has 4 nitrogen and oxygen atoms in total. The van der Waals surface area contributed by atoms with Crippen LogP contribution in [0.2, 0.25) is 0 Å². The predicted octanol–water partition coefficient (Wildman–Crippen LogP) is 3.50. The van der Waals surface area contributed by atoms with E-state index in [0.717, 1.165) is 17.1 Å². The number of anilines is 1. The molecule has 1 N–H and O–H groups in total. The Bertz CT molecular complexity index is 536. The third-order valence-electron chi connectivity index (χ3n) is 2.60. The van der Waals surface area contributed by atoms with E-state index in [9.17, 15) is 4.79 Å². The number of amides is 1. The maximum atomic E-state index is 11.8. The SMILES string of the molecule is CC(C)Oc1ccc(NC(=O)CCc2cscn2)cc1. The highest BCUT2D eigenvalue weighted by Gasteiger charge is 2.05. The van der Waals surface area contributed by atoms with E-state index in [4.69, 9.17) is 4.74 Å². The third-order valence-corrected chi connectivity index (χ3v) is 3.24. The molecule has 0 unspecified atom stereocenters. The van der Waals surface area contributed by atoms with Gasteiger partial charge >= 0.3 is 0 Å². The van der Waals surface area contributed by atoms with E-state index in [0.29, 0.717) is 12.8 Å². The highest BCUT2D eigenvalue weighted by atomic mass is 32.1. The molecule has 0 radical (unpaired) electrons. The fourth-order valence-electron chi connectivity index (χ4n) is 1.72. The van der Waals surface area contributed by atoms with Gasteiger partial charge in [-0.2, -0.15) is 0 Å². The van der Waals surface area contributed by atoms with Gasteiger partial charge < -0.3 is 10.1 Å². The summed E-state index contributed by atoms with van der Waals surface area (Å²) in [6.07, 6.45) is 1.26. The molecule has 1 aromatic heterocycles. The zero-order valence-electron chi connectivity index (χ0n) is 11.6. The second-order valence-corrected chi connectivity index (χ2v) is 5.44. The van der Waals surface area contributed by atoms with E-state index in [1.54, 1.807) is 16.8 Å². The number of hydrogen-bond acceptors (Lipinski definition) is 4. The average Bonchev–Trinajstić information content (AvgIpc) is 2.91. The molecule has 0 atom stereocenters. The van der Waals surface area contributed by atoms with Gasteiger partial charge in [-0.25, -0.2) is 4.98 Å². The quantitative estimate of drug-likeness (QED) is 0.886. The van der Waals surface area contributed by atoms with Crippen molar-refractivity contribution in [2.75, 3.05) is 5.32 Å². The molecule has 2 aromatic rings. The molecule has 0 saturated heterocycles. The lowest BCUT2D eigenvalue weighted by molar-refractivity contribution is -0.116. The molecule has 0 saturated carbocycles. The number of thiazole rings is 1. The summed E-state index contributed by atoms with van der Waals surface area (Å²) < 4.78 is 5.55. The maximum Gasteiger partial charge on any atom is 0.224 e. The number of carbonyl (C=O) groups is 1. The fraction of sp³-hybridized carbons (Fsp3) is 0.333. The first-order valence-corrected chi connectivity index (χ1v) is 7.51. The Morgan fingerprint density at radius 1 is 1.35 bits per heavy atom. The van der Waals surface area contributed by atoms with Crippen LogP contribution >= 0.6 is 11.3 Å². The van der Waals surface area contributed by atoms with Gasteiger partial charge in [0.1, 0.15) is 5.75 Å². The molecule has 0 aliphatic rings. The number of benzene rings is 1. The van der Waals surface area contributed by atoms with E-state index in [2.05, 4.69) is 10.3 Å². The molecule has 0 spiro atoms. The van der Waals surface area contributed by atoms with Crippen LogP contribution in [0.3, 0.4) is 0 Å². The number of hydrogen-bond donors (Lipinski definition) is 1. The topological polar surface area (TPSA) is 51.2 Å². The van der Waals surface area contributed by atoms with Crippen LogP contribution in [0.15, 0.2) is 35.2 Å². The minimum atomic E-state index is -0.00414. The molecule has 0 aliphatic heterocycles. The van der Waals surface area contributed by atoms with Gasteiger partial charge in [-0.15, -0.1) is 11.3 Å². The summed E-state index contributed by atoms with van der Waals surface area (Å²) in [5, 5.41) is 4.83. The van der Waals surface area contributed by atoms with Crippen molar-refractivity contribution in [3.8, 4) is 5.75 Å². The Morgan fingerprint density at radius 3 is 2.70 bits per heavy atom. The van der Waals surface area contributed by atoms with E-state index >= 15 is 0 Å². The van der Waals surface area contributed by atoms with Crippen LogP contribution in [-0.4, -0.2) is 17.0 Å². The molecule has 0 aliphatic carbocycles. The van der Waals surface area contributed by atoms with Crippen LogP contribution in [-0.2, 0) is 11.2 Å². The Morgan fingerprint density at radius 2 is 2.10 bits per heavy atom. The summed E-state index contributed by atoms with van der Waals surface area (Å²) in [4.78, 5) is 16.0. The Balaban J connectivity index is 1.81. The summed E-state index contributed by atoms with van der Waals surface area (Å²) in [5.74, 6) is 0.802. The number of aryl methyl sites for hydroxylation is 1. The first-order chi connectivity index (χ1) is 9.63. The fourth-order valence-corrected chi connectivity index (χ4v) is 2.31. The molecule has 20 heavy (non-hydrogen) atoms. The number of carbonyl (C=O) groups excluding carboxylic acids is 1. The summed E-state index contributed by atoms with van der Waals surface area (Å²) in [5.41, 5.74) is 3.52. The standard InChI is InChI=1S/C15H18N2O2S/c1-11(2)19-14-6-3-12(4-7-14)17-15(18)8-5-13-9-20-10-16-13/h3-4,6-7,9-11H,5,8H2,1-2H3,(H,17,18). The summed E-state index contributed by atoms with van der Waals surface area (Å²) >= 11 is 1.54. The highest BCUT2D eigenvalue weighted by Crippen LogP contribution is 2.17. The minimum absolute atomic E-state index is 0.00414. The van der Waals surface area contributed by atoms with Crippen molar-refractivity contribution in [3.05, 3.63) is 40.8 Å². The van der Waals surface area contributed by atoms with Gasteiger partial charge in [0.25, 0.3) is 0 Å². The van der Waals surface area contributed by atoms with Crippen molar-refractivity contribution < 1.29 is 9.53 Å². The van der Waals surface area contributed by atoms with Crippen LogP contribution in [0, 0.1) is 0 Å². The lowest BCUT2D eigenvalue weighted by Crippen LogP contribution is -2.12. The van der Waals surface area contributed by atoms with Crippen molar-refractivity contribution in [2.24, 2.45) is 0 Å². The Hall–Kier alpha value is -1.88. The lowest BCUT2D eigenvalue weighted by Gasteiger charge is -2.10. The van der Waals surface area contributed by atoms with Gasteiger partial charge in [0, 0.05) is 17.5 Å². The van der Waals surface area contributed by atoms with Crippen LogP contribution in [0.4, 0.5) is 5.69 Å². The largest absolute Gasteiger partial charge is 0.491 e. The molecule has 2 rings (SSSR count). The van der Waals surface area contributed by atoms with Crippen molar-refractivity contribution in [3.63, 3.8) is 0 Å². The first-order valence-electron chi connectivity index (χ1n) is 6.57. The van der Waals surface area contributed by atoms with Crippen molar-refractivity contribution in [1.29, 1.82) is 0 Å². The summed E-state index contributed by atoms with van der Waals surface area (Å²) in [7, 11) is 0. The monoisotopic (exact) mass is 290 g/mol.